The van der Waals surface area contributed by atoms with E-state index in [0.717, 1.165) is 17.9 Å². The fraction of sp³-hybridized carbons (Fsp3) is 0.364. The number of nitrogens with one attached hydrogen (secondary N) is 3. The van der Waals surface area contributed by atoms with Crippen molar-refractivity contribution in [2.24, 2.45) is 0 Å². The van der Waals surface area contributed by atoms with Gasteiger partial charge in [-0.05, 0) is 55.8 Å². The molecule has 0 heterocycles. The number of hydrogen-bond acceptors (Lipinski definition) is 5. The normalized spacial score (nSPS) is 11.4. The molecule has 0 saturated carbocycles. The largest absolute Gasteiger partial charge is 0.491 e. The minimum absolute atomic E-state index is 0.107. The van der Waals surface area contributed by atoms with Crippen LogP contribution in [-0.2, 0) is 9.53 Å². The van der Waals surface area contributed by atoms with Crippen molar-refractivity contribution < 1.29 is 19.1 Å². The molecular weight excluding hydrogens is 370 g/mol. The molecule has 0 spiro atoms. The molecule has 2 rings (SSSR count). The maximum Gasteiger partial charge on any atom is 0.251 e. The molecule has 7 heteroatoms. The molecule has 3 N–H and O–H groups in total. The van der Waals surface area contributed by atoms with Gasteiger partial charge in [-0.2, -0.15) is 0 Å². The lowest BCUT2D eigenvalue weighted by Crippen LogP contribution is -2.27. The minimum Gasteiger partial charge on any atom is -0.491 e. The second kappa shape index (κ2) is 11.7. The van der Waals surface area contributed by atoms with Crippen LogP contribution in [0.15, 0.2) is 48.5 Å². The highest BCUT2D eigenvalue weighted by molar-refractivity contribution is 5.98. The third-order valence-corrected chi connectivity index (χ3v) is 4.22. The van der Waals surface area contributed by atoms with E-state index in [4.69, 9.17) is 9.47 Å². The van der Waals surface area contributed by atoms with E-state index < -0.39 is 0 Å². The highest BCUT2D eigenvalue weighted by Gasteiger charge is 2.08. The summed E-state index contributed by atoms with van der Waals surface area (Å²) in [5.41, 5.74) is 1.86. The van der Waals surface area contributed by atoms with Crippen LogP contribution in [0.25, 0.3) is 0 Å². The molecule has 0 fully saturated rings. The summed E-state index contributed by atoms with van der Waals surface area (Å²) in [5, 5.41) is 8.61. The summed E-state index contributed by atoms with van der Waals surface area (Å²) < 4.78 is 10.6. The second-order valence-corrected chi connectivity index (χ2v) is 6.59. The Balaban J connectivity index is 1.83. The minimum atomic E-state index is -0.212. The molecule has 1 atom stereocenters. The monoisotopic (exact) mass is 399 g/mol. The van der Waals surface area contributed by atoms with Crippen molar-refractivity contribution in [3.8, 4) is 5.75 Å². The van der Waals surface area contributed by atoms with Gasteiger partial charge in [-0.15, -0.1) is 0 Å². The molecular formula is C22H29N3O4. The molecule has 0 radical (unpaired) electrons. The average Bonchev–Trinajstić information content (AvgIpc) is 2.73. The van der Waals surface area contributed by atoms with E-state index in [1.807, 2.05) is 31.2 Å². The number of hydrogen-bond donors (Lipinski definition) is 3. The zero-order chi connectivity index (χ0) is 21.1. The predicted octanol–water partition coefficient (Wildman–Crippen LogP) is 3.29. The predicted molar refractivity (Wildman–Crippen MR) is 115 cm³/mol. The average molecular weight is 399 g/mol. The lowest BCUT2D eigenvalue weighted by molar-refractivity contribution is -0.114. The quantitative estimate of drug-likeness (QED) is 0.505. The van der Waals surface area contributed by atoms with Crippen LogP contribution >= 0.6 is 0 Å². The Kier molecular flexibility index (Phi) is 8.98. The molecule has 1 unspecified atom stereocenters. The molecule has 0 aromatic heterocycles. The summed E-state index contributed by atoms with van der Waals surface area (Å²) in [6, 6.07) is 14.3. The zero-order valence-corrected chi connectivity index (χ0v) is 17.2. The first-order chi connectivity index (χ1) is 14.0. The van der Waals surface area contributed by atoms with Gasteiger partial charge in [-0.1, -0.05) is 13.0 Å². The number of benzene rings is 2. The number of rotatable bonds is 11. The summed E-state index contributed by atoms with van der Waals surface area (Å²) in [6.07, 6.45) is 1.10. The van der Waals surface area contributed by atoms with Gasteiger partial charge in [-0.3, -0.25) is 9.59 Å². The summed E-state index contributed by atoms with van der Waals surface area (Å²) in [5.74, 6) is 0.382. The Labute approximate surface area is 171 Å². The van der Waals surface area contributed by atoms with Crippen molar-refractivity contribution in [1.29, 1.82) is 0 Å². The van der Waals surface area contributed by atoms with Crippen molar-refractivity contribution in [3.05, 3.63) is 54.1 Å². The Morgan fingerprint density at radius 2 is 1.83 bits per heavy atom. The molecule has 0 bridgehead atoms. The lowest BCUT2D eigenvalue weighted by Gasteiger charge is -2.13. The molecule has 0 aliphatic heterocycles. The summed E-state index contributed by atoms with van der Waals surface area (Å²) >= 11 is 0. The number of amides is 2. The van der Waals surface area contributed by atoms with Crippen LogP contribution < -0.4 is 20.7 Å². The van der Waals surface area contributed by atoms with Gasteiger partial charge in [0.05, 0.1) is 19.3 Å². The van der Waals surface area contributed by atoms with Crippen LogP contribution in [0.1, 0.15) is 30.6 Å². The van der Waals surface area contributed by atoms with Crippen molar-refractivity contribution in [1.82, 2.24) is 5.32 Å². The number of carbonyl (C=O) groups is 2. The third kappa shape index (κ3) is 7.83. The molecule has 0 saturated heterocycles. The summed E-state index contributed by atoms with van der Waals surface area (Å²) in [6.45, 7) is 5.07. The van der Waals surface area contributed by atoms with E-state index in [9.17, 15) is 9.59 Å². The van der Waals surface area contributed by atoms with Gasteiger partial charge in [0.25, 0.3) is 5.91 Å². The smallest absolute Gasteiger partial charge is 0.251 e. The summed E-state index contributed by atoms with van der Waals surface area (Å²) in [7, 11) is 1.57. The Morgan fingerprint density at radius 3 is 2.52 bits per heavy atom. The standard InChI is InChI=1S/C22H29N3O4/c1-4-16(2)29-20-10-8-18(9-11-20)24-15-21(26)25-19-7-5-6-17(14-19)22(27)23-12-13-28-3/h5-11,14,16,24H,4,12-13,15H2,1-3H3,(H,23,27)(H,25,26). The molecule has 2 aromatic rings. The van der Waals surface area contributed by atoms with E-state index in [-0.39, 0.29) is 24.5 Å². The molecule has 0 aliphatic carbocycles. The molecule has 156 valence electrons. The van der Waals surface area contributed by atoms with Crippen molar-refractivity contribution in [2.75, 3.05) is 37.4 Å². The van der Waals surface area contributed by atoms with Crippen molar-refractivity contribution in [2.45, 2.75) is 26.4 Å². The first kappa shape index (κ1) is 22.2. The maximum absolute atomic E-state index is 12.2. The topological polar surface area (TPSA) is 88.7 Å². The van der Waals surface area contributed by atoms with Gasteiger partial charge in [0.1, 0.15) is 5.75 Å². The Morgan fingerprint density at radius 1 is 1.07 bits per heavy atom. The van der Waals surface area contributed by atoms with E-state index in [1.54, 1.807) is 31.4 Å². The fourth-order valence-electron chi connectivity index (χ4n) is 2.46. The zero-order valence-electron chi connectivity index (χ0n) is 17.2. The third-order valence-electron chi connectivity index (χ3n) is 4.22. The van der Waals surface area contributed by atoms with Crippen LogP contribution in [0.3, 0.4) is 0 Å². The first-order valence-electron chi connectivity index (χ1n) is 9.69. The van der Waals surface area contributed by atoms with E-state index >= 15 is 0 Å². The van der Waals surface area contributed by atoms with Crippen molar-refractivity contribution in [3.63, 3.8) is 0 Å². The lowest BCUT2D eigenvalue weighted by atomic mass is 10.2. The fourth-order valence-corrected chi connectivity index (χ4v) is 2.46. The van der Waals surface area contributed by atoms with Crippen LogP contribution in [-0.4, -0.2) is 44.7 Å². The van der Waals surface area contributed by atoms with Crippen LogP contribution in [0.5, 0.6) is 5.75 Å². The Hall–Kier alpha value is -3.06. The SMILES string of the molecule is CCC(C)Oc1ccc(NCC(=O)Nc2cccc(C(=O)NCCOC)c2)cc1. The molecule has 29 heavy (non-hydrogen) atoms. The van der Waals surface area contributed by atoms with Crippen LogP contribution in [0.4, 0.5) is 11.4 Å². The molecule has 0 aliphatic rings. The molecule has 2 aromatic carbocycles. The number of ether oxygens (including phenoxy) is 2. The Bertz CT molecular complexity index is 793. The highest BCUT2D eigenvalue weighted by atomic mass is 16.5. The van der Waals surface area contributed by atoms with Gasteiger partial charge in [0, 0.05) is 30.6 Å². The van der Waals surface area contributed by atoms with Gasteiger partial charge in [0.2, 0.25) is 5.91 Å². The number of methoxy groups -OCH3 is 1. The van der Waals surface area contributed by atoms with E-state index in [2.05, 4.69) is 22.9 Å². The van der Waals surface area contributed by atoms with E-state index in [1.165, 1.54) is 0 Å². The van der Waals surface area contributed by atoms with Crippen LogP contribution in [0.2, 0.25) is 0 Å². The van der Waals surface area contributed by atoms with Gasteiger partial charge in [-0.25, -0.2) is 0 Å². The van der Waals surface area contributed by atoms with Gasteiger partial charge in [0.15, 0.2) is 0 Å². The van der Waals surface area contributed by atoms with Crippen molar-refractivity contribution >= 4 is 23.2 Å². The van der Waals surface area contributed by atoms with Crippen LogP contribution in [0, 0.1) is 0 Å². The second-order valence-electron chi connectivity index (χ2n) is 6.59. The summed E-state index contributed by atoms with van der Waals surface area (Å²) in [4.78, 5) is 24.3. The van der Waals surface area contributed by atoms with Gasteiger partial charge < -0.3 is 25.4 Å². The number of anilines is 2. The number of carbonyl (C=O) groups excluding carboxylic acids is 2. The molecule has 2 amide bonds. The van der Waals surface area contributed by atoms with E-state index in [0.29, 0.717) is 24.4 Å². The maximum atomic E-state index is 12.2. The van der Waals surface area contributed by atoms with Gasteiger partial charge >= 0.3 is 0 Å². The first-order valence-corrected chi connectivity index (χ1v) is 9.69. The highest BCUT2D eigenvalue weighted by Crippen LogP contribution is 2.17. The molecule has 7 nitrogen and oxygen atoms in total.